The van der Waals surface area contributed by atoms with Crippen LogP contribution in [-0.4, -0.2) is 50.5 Å². The van der Waals surface area contributed by atoms with Crippen LogP contribution in [0, 0.1) is 11.3 Å². The van der Waals surface area contributed by atoms with Gasteiger partial charge in [0.1, 0.15) is 15.9 Å². The highest BCUT2D eigenvalue weighted by Crippen LogP contribution is 2.41. The van der Waals surface area contributed by atoms with Crippen LogP contribution in [0.1, 0.15) is 11.3 Å². The Labute approximate surface area is 128 Å². The summed E-state index contributed by atoms with van der Waals surface area (Å²) in [6.07, 6.45) is 3.06. The summed E-state index contributed by atoms with van der Waals surface area (Å²) in [6, 6.07) is 2.15. The molecule has 0 spiro atoms. The van der Waals surface area contributed by atoms with Crippen molar-refractivity contribution in [2.45, 2.75) is 11.3 Å². The molecule has 0 atom stereocenters. The van der Waals surface area contributed by atoms with Crippen LogP contribution in [0.2, 0.25) is 0 Å². The molecule has 1 aromatic rings. The van der Waals surface area contributed by atoms with Crippen LogP contribution in [0.3, 0.4) is 0 Å². The summed E-state index contributed by atoms with van der Waals surface area (Å²) in [6.45, 7) is 5.72. The lowest BCUT2D eigenvalue weighted by atomic mass is 10.3. The number of morpholine rings is 1. The Balaban J connectivity index is 1.80. The predicted molar refractivity (Wildman–Crippen MR) is 85.6 cm³/mol. The van der Waals surface area contributed by atoms with Gasteiger partial charge in [-0.3, -0.25) is 4.90 Å². The zero-order chi connectivity index (χ0) is 14.4. The maximum absolute atomic E-state index is 9.02. The van der Waals surface area contributed by atoms with Crippen molar-refractivity contribution >= 4 is 33.8 Å². The number of nitrogens with one attached hydrogen (secondary N) is 1. The van der Waals surface area contributed by atoms with Gasteiger partial charge in [-0.25, -0.2) is 0 Å². The second kappa shape index (κ2) is 7.74. The molecule has 0 radical (unpaired) electrons. The van der Waals surface area contributed by atoms with Gasteiger partial charge in [-0.15, -0.1) is 23.1 Å². The number of rotatable bonds is 6. The second-order valence-corrected chi connectivity index (χ2v) is 6.39. The van der Waals surface area contributed by atoms with E-state index in [-0.39, 0.29) is 0 Å². The van der Waals surface area contributed by atoms with Crippen LogP contribution < -0.4 is 11.1 Å². The fraction of sp³-hybridized carbons (Fsp3) is 0.615. The number of thioether (sulfide) groups is 1. The van der Waals surface area contributed by atoms with Crippen LogP contribution in [-0.2, 0) is 4.74 Å². The molecule has 0 amide bonds. The van der Waals surface area contributed by atoms with Gasteiger partial charge in [0, 0.05) is 19.6 Å². The van der Waals surface area contributed by atoms with Crippen molar-refractivity contribution in [1.29, 1.82) is 5.26 Å². The van der Waals surface area contributed by atoms with Crippen molar-refractivity contribution in [3.63, 3.8) is 0 Å². The molecule has 2 rings (SSSR count). The highest BCUT2D eigenvalue weighted by molar-refractivity contribution is 7.99. The average molecular weight is 312 g/mol. The van der Waals surface area contributed by atoms with E-state index in [0.717, 1.165) is 55.7 Å². The maximum Gasteiger partial charge on any atom is 0.131 e. The Bertz CT molecular complexity index is 477. The van der Waals surface area contributed by atoms with E-state index in [0.29, 0.717) is 10.6 Å². The third-order valence-electron chi connectivity index (χ3n) is 3.25. The molecule has 1 fully saturated rings. The summed E-state index contributed by atoms with van der Waals surface area (Å²) < 4.78 is 5.33. The van der Waals surface area contributed by atoms with E-state index in [9.17, 15) is 0 Å². The SMILES string of the molecule is CSc1c(NCCCN2CCOCC2)sc(C#N)c1N. The van der Waals surface area contributed by atoms with Gasteiger partial charge in [0.15, 0.2) is 0 Å². The quantitative estimate of drug-likeness (QED) is 0.619. The monoisotopic (exact) mass is 312 g/mol. The molecular weight excluding hydrogens is 292 g/mol. The lowest BCUT2D eigenvalue weighted by Gasteiger charge is -2.26. The molecule has 0 aromatic carbocycles. The third-order valence-corrected chi connectivity index (χ3v) is 5.28. The van der Waals surface area contributed by atoms with Crippen molar-refractivity contribution in [3.8, 4) is 6.07 Å². The highest BCUT2D eigenvalue weighted by Gasteiger charge is 2.15. The van der Waals surface area contributed by atoms with E-state index >= 15 is 0 Å². The van der Waals surface area contributed by atoms with Crippen LogP contribution in [0.4, 0.5) is 10.7 Å². The molecule has 2 heterocycles. The summed E-state index contributed by atoms with van der Waals surface area (Å²) in [5.41, 5.74) is 6.56. The Morgan fingerprint density at radius 3 is 2.90 bits per heavy atom. The molecule has 110 valence electrons. The van der Waals surface area contributed by atoms with Crippen molar-refractivity contribution in [1.82, 2.24) is 4.90 Å². The van der Waals surface area contributed by atoms with E-state index in [1.54, 1.807) is 11.8 Å². The van der Waals surface area contributed by atoms with Crippen molar-refractivity contribution < 1.29 is 4.74 Å². The van der Waals surface area contributed by atoms with Gasteiger partial charge in [0.25, 0.3) is 0 Å². The molecular formula is C13H20N4OS2. The number of nitrogen functional groups attached to an aromatic ring is 1. The summed E-state index contributed by atoms with van der Waals surface area (Å²) in [4.78, 5) is 4.02. The Morgan fingerprint density at radius 2 is 2.25 bits per heavy atom. The standard InChI is InChI=1S/C13H20N4OS2/c1-19-12-11(15)10(9-14)20-13(12)16-3-2-4-17-5-7-18-8-6-17/h16H,2-8,15H2,1H3. The summed E-state index contributed by atoms with van der Waals surface area (Å²) in [7, 11) is 0. The first kappa shape index (κ1) is 15.4. The zero-order valence-corrected chi connectivity index (χ0v) is 13.3. The summed E-state index contributed by atoms with van der Waals surface area (Å²) in [5, 5.41) is 13.4. The van der Waals surface area contributed by atoms with E-state index < -0.39 is 0 Å². The zero-order valence-electron chi connectivity index (χ0n) is 11.6. The smallest absolute Gasteiger partial charge is 0.131 e. The first-order valence-electron chi connectivity index (χ1n) is 6.66. The summed E-state index contributed by atoms with van der Waals surface area (Å²) >= 11 is 3.03. The minimum atomic E-state index is 0.602. The normalized spacial score (nSPS) is 16.0. The van der Waals surface area contributed by atoms with Crippen LogP contribution in [0.15, 0.2) is 4.90 Å². The maximum atomic E-state index is 9.02. The number of ether oxygens (including phenoxy) is 1. The molecule has 0 aliphatic carbocycles. The molecule has 1 aliphatic rings. The van der Waals surface area contributed by atoms with Gasteiger partial charge in [0.05, 0.1) is 23.8 Å². The number of thiophene rings is 1. The molecule has 20 heavy (non-hydrogen) atoms. The average Bonchev–Trinajstić information content (AvgIpc) is 2.80. The second-order valence-electron chi connectivity index (χ2n) is 4.55. The van der Waals surface area contributed by atoms with Gasteiger partial charge < -0.3 is 15.8 Å². The topological polar surface area (TPSA) is 74.3 Å². The number of nitriles is 1. The molecule has 0 unspecified atom stereocenters. The Hall–Kier alpha value is -0.940. The van der Waals surface area contributed by atoms with E-state index in [1.165, 1.54) is 11.3 Å². The number of nitrogens with zero attached hydrogens (tertiary/aromatic N) is 2. The molecule has 1 aliphatic heterocycles. The number of anilines is 2. The fourth-order valence-electron chi connectivity index (χ4n) is 2.16. The lowest BCUT2D eigenvalue weighted by molar-refractivity contribution is 0.0378. The van der Waals surface area contributed by atoms with E-state index in [1.807, 2.05) is 6.26 Å². The Kier molecular flexibility index (Phi) is 5.98. The highest BCUT2D eigenvalue weighted by atomic mass is 32.2. The number of hydrogen-bond donors (Lipinski definition) is 2. The van der Waals surface area contributed by atoms with Crippen LogP contribution >= 0.6 is 23.1 Å². The van der Waals surface area contributed by atoms with Crippen molar-refractivity contribution in [2.75, 3.05) is 56.7 Å². The number of nitrogens with two attached hydrogens (primary N) is 1. The largest absolute Gasteiger partial charge is 0.396 e. The van der Waals surface area contributed by atoms with Gasteiger partial charge >= 0.3 is 0 Å². The first-order chi connectivity index (χ1) is 9.76. The number of hydrogen-bond acceptors (Lipinski definition) is 7. The third kappa shape index (κ3) is 3.79. The van der Waals surface area contributed by atoms with Crippen molar-refractivity contribution in [2.24, 2.45) is 0 Å². The van der Waals surface area contributed by atoms with Gasteiger partial charge in [-0.05, 0) is 19.2 Å². The molecule has 1 saturated heterocycles. The minimum absolute atomic E-state index is 0.602. The lowest BCUT2D eigenvalue weighted by Crippen LogP contribution is -2.37. The van der Waals surface area contributed by atoms with Crippen LogP contribution in [0.25, 0.3) is 0 Å². The van der Waals surface area contributed by atoms with E-state index in [4.69, 9.17) is 15.7 Å². The predicted octanol–water partition coefficient (Wildman–Crippen LogP) is 2.06. The fourth-order valence-corrected chi connectivity index (χ4v) is 4.02. The van der Waals surface area contributed by atoms with Gasteiger partial charge in [0.2, 0.25) is 0 Å². The molecule has 1 aromatic heterocycles. The first-order valence-corrected chi connectivity index (χ1v) is 8.70. The molecule has 0 bridgehead atoms. The minimum Gasteiger partial charge on any atom is -0.396 e. The van der Waals surface area contributed by atoms with Gasteiger partial charge in [-0.2, -0.15) is 5.26 Å². The molecule has 5 nitrogen and oxygen atoms in total. The van der Waals surface area contributed by atoms with Crippen molar-refractivity contribution in [3.05, 3.63) is 4.88 Å². The molecule has 7 heteroatoms. The van der Waals surface area contributed by atoms with E-state index in [2.05, 4.69) is 16.3 Å². The molecule has 0 saturated carbocycles. The molecule has 3 N–H and O–H groups in total. The Morgan fingerprint density at radius 1 is 1.50 bits per heavy atom. The van der Waals surface area contributed by atoms with Crippen LogP contribution in [0.5, 0.6) is 0 Å². The summed E-state index contributed by atoms with van der Waals surface area (Å²) in [5.74, 6) is 0. The van der Waals surface area contributed by atoms with Gasteiger partial charge in [-0.1, -0.05) is 0 Å².